The lowest BCUT2D eigenvalue weighted by Gasteiger charge is -2.23. The minimum Gasteiger partial charge on any atom is -0.330 e. The molecule has 4 aromatic rings. The van der Waals surface area contributed by atoms with Gasteiger partial charge < -0.3 is 14.8 Å². The highest BCUT2D eigenvalue weighted by atomic mass is 35.5. The smallest absolute Gasteiger partial charge is 0.237 e. The lowest BCUT2D eigenvalue weighted by molar-refractivity contribution is -0.133. The number of halogens is 1. The van der Waals surface area contributed by atoms with E-state index in [0.717, 1.165) is 67.7 Å². The van der Waals surface area contributed by atoms with Crippen LogP contribution in [-0.4, -0.2) is 62.2 Å². The highest BCUT2D eigenvalue weighted by Crippen LogP contribution is 2.40. The number of thiazole rings is 1. The van der Waals surface area contributed by atoms with Crippen LogP contribution < -0.4 is 5.32 Å². The number of hydrogen-bond acceptors (Lipinski definition) is 7. The van der Waals surface area contributed by atoms with Crippen LogP contribution in [0.25, 0.3) is 21.7 Å². The Bertz CT molecular complexity index is 1700. The highest BCUT2D eigenvalue weighted by Gasteiger charge is 2.29. The standard InChI is InChI=1S/C33H37ClN6O2S/c1-19(2)38(4)18-30(42)40-16-26-29(17-40)43-33(37-26)23-10-7-9-22(20(23)3)24-11-6-8-21(31(24)34)14-28(41)32-36-25-15-35-13-12-27(25)39(32)5/h6-11,19,35H,12-18H2,1-5H3. The zero-order valence-electron chi connectivity index (χ0n) is 25.3. The number of nitrogens with zero attached hydrogens (tertiary/aromatic N) is 5. The molecule has 0 aliphatic carbocycles. The molecule has 0 saturated carbocycles. The first-order valence-corrected chi connectivity index (χ1v) is 15.9. The number of fused-ring (bicyclic) bond motifs is 2. The van der Waals surface area contributed by atoms with Gasteiger partial charge in [0.05, 0.1) is 36.0 Å². The molecule has 8 nitrogen and oxygen atoms in total. The molecule has 10 heteroatoms. The topological polar surface area (TPSA) is 83.4 Å². The van der Waals surface area contributed by atoms with E-state index < -0.39 is 0 Å². The fourth-order valence-electron chi connectivity index (χ4n) is 5.87. The first kappa shape index (κ1) is 29.7. The minimum absolute atomic E-state index is 0.0397. The Labute approximate surface area is 261 Å². The van der Waals surface area contributed by atoms with Gasteiger partial charge in [0.2, 0.25) is 11.7 Å². The van der Waals surface area contributed by atoms with Crippen LogP contribution >= 0.6 is 22.9 Å². The van der Waals surface area contributed by atoms with Crippen molar-refractivity contribution in [2.24, 2.45) is 7.05 Å². The Kier molecular flexibility index (Phi) is 8.26. The molecule has 0 unspecified atom stereocenters. The number of imidazole rings is 1. The monoisotopic (exact) mass is 616 g/mol. The SMILES string of the molecule is Cc1c(-c2nc3c(s2)CN(C(=O)CN(C)C(C)C)C3)cccc1-c1cccc(CC(=O)c2nc3c(n2C)CCNC3)c1Cl. The van der Waals surface area contributed by atoms with Crippen molar-refractivity contribution < 1.29 is 9.59 Å². The molecule has 0 atom stereocenters. The summed E-state index contributed by atoms with van der Waals surface area (Å²) in [6.45, 7) is 9.42. The fraction of sp³-hybridized carbons (Fsp3) is 0.394. The number of carbonyl (C=O) groups excluding carboxylic acids is 2. The third kappa shape index (κ3) is 5.67. The average molecular weight is 617 g/mol. The van der Waals surface area contributed by atoms with Crippen LogP contribution in [0.2, 0.25) is 5.02 Å². The zero-order chi connectivity index (χ0) is 30.4. The third-order valence-corrected chi connectivity index (χ3v) is 10.3. The lowest BCUT2D eigenvalue weighted by Crippen LogP contribution is -2.38. The zero-order valence-corrected chi connectivity index (χ0v) is 26.9. The Morgan fingerprint density at radius 3 is 2.56 bits per heavy atom. The van der Waals surface area contributed by atoms with Crippen molar-refractivity contribution in [2.75, 3.05) is 20.1 Å². The maximum absolute atomic E-state index is 13.4. The van der Waals surface area contributed by atoms with Crippen molar-refractivity contribution in [2.45, 2.75) is 59.3 Å². The summed E-state index contributed by atoms with van der Waals surface area (Å²) in [7, 11) is 3.90. The lowest BCUT2D eigenvalue weighted by atomic mass is 9.94. The van der Waals surface area contributed by atoms with Gasteiger partial charge in [-0.25, -0.2) is 9.97 Å². The predicted molar refractivity (Wildman–Crippen MR) is 171 cm³/mol. The molecule has 2 aliphatic rings. The molecule has 6 rings (SSSR count). The van der Waals surface area contributed by atoms with Crippen LogP contribution in [0.3, 0.4) is 0 Å². The van der Waals surface area contributed by atoms with Crippen LogP contribution in [-0.2, 0) is 44.3 Å². The molecule has 0 radical (unpaired) electrons. The molecule has 4 heterocycles. The summed E-state index contributed by atoms with van der Waals surface area (Å²) < 4.78 is 1.94. The van der Waals surface area contributed by atoms with E-state index in [1.165, 1.54) is 0 Å². The summed E-state index contributed by atoms with van der Waals surface area (Å²) >= 11 is 8.66. The van der Waals surface area contributed by atoms with E-state index in [-0.39, 0.29) is 18.1 Å². The Morgan fingerprint density at radius 1 is 1.07 bits per heavy atom. The highest BCUT2D eigenvalue weighted by molar-refractivity contribution is 7.15. The van der Waals surface area contributed by atoms with E-state index in [4.69, 9.17) is 16.6 Å². The summed E-state index contributed by atoms with van der Waals surface area (Å²) in [5.74, 6) is 0.577. The van der Waals surface area contributed by atoms with E-state index >= 15 is 0 Å². The molecule has 224 valence electrons. The Balaban J connectivity index is 1.22. The van der Waals surface area contributed by atoms with Crippen LogP contribution in [0.15, 0.2) is 36.4 Å². The quantitative estimate of drug-likeness (QED) is 0.266. The van der Waals surface area contributed by atoms with E-state index in [0.29, 0.717) is 43.1 Å². The molecular weight excluding hydrogens is 580 g/mol. The number of Topliss-reactive ketones (excluding diaryl/α,β-unsaturated/α-hetero) is 1. The van der Waals surface area contributed by atoms with Gasteiger partial charge in [-0.15, -0.1) is 11.3 Å². The fourth-order valence-corrected chi connectivity index (χ4v) is 7.33. The minimum atomic E-state index is -0.0397. The van der Waals surface area contributed by atoms with Crippen molar-refractivity contribution in [3.63, 3.8) is 0 Å². The second-order valence-electron chi connectivity index (χ2n) is 11.8. The van der Waals surface area contributed by atoms with Crippen molar-refractivity contribution in [3.8, 4) is 21.7 Å². The van der Waals surface area contributed by atoms with Gasteiger partial charge >= 0.3 is 0 Å². The Hall–Kier alpha value is -3.37. The van der Waals surface area contributed by atoms with Gasteiger partial charge in [-0.1, -0.05) is 48.0 Å². The van der Waals surface area contributed by atoms with Gasteiger partial charge in [0.25, 0.3) is 0 Å². The molecular formula is C33H37ClN6O2S. The maximum atomic E-state index is 13.4. The van der Waals surface area contributed by atoms with E-state index in [1.54, 1.807) is 11.3 Å². The van der Waals surface area contributed by atoms with Crippen LogP contribution in [0.5, 0.6) is 0 Å². The van der Waals surface area contributed by atoms with E-state index in [9.17, 15) is 9.59 Å². The number of rotatable bonds is 8. The molecule has 2 aliphatic heterocycles. The first-order valence-electron chi connectivity index (χ1n) is 14.7. The molecule has 1 amide bonds. The van der Waals surface area contributed by atoms with Gasteiger partial charge in [-0.2, -0.15) is 0 Å². The third-order valence-electron chi connectivity index (χ3n) is 8.73. The predicted octanol–water partition coefficient (Wildman–Crippen LogP) is 5.43. The van der Waals surface area contributed by atoms with E-state index in [2.05, 4.69) is 48.1 Å². The number of aromatic nitrogens is 3. The van der Waals surface area contributed by atoms with Crippen molar-refractivity contribution in [3.05, 3.63) is 80.3 Å². The van der Waals surface area contributed by atoms with Gasteiger partial charge in [0.15, 0.2) is 5.82 Å². The summed E-state index contributed by atoms with van der Waals surface area (Å²) in [4.78, 5) is 40.9. The van der Waals surface area contributed by atoms with Gasteiger partial charge in [-0.3, -0.25) is 14.5 Å². The molecule has 0 spiro atoms. The largest absolute Gasteiger partial charge is 0.330 e. The van der Waals surface area contributed by atoms with Crippen LogP contribution in [0.4, 0.5) is 0 Å². The average Bonchev–Trinajstić information content (AvgIpc) is 3.66. The van der Waals surface area contributed by atoms with Crippen molar-refractivity contribution in [1.29, 1.82) is 0 Å². The van der Waals surface area contributed by atoms with E-state index in [1.807, 2.05) is 47.8 Å². The number of hydrogen-bond donors (Lipinski definition) is 1. The number of likely N-dealkylation sites (N-methyl/N-ethyl adjacent to an activating group) is 1. The summed E-state index contributed by atoms with van der Waals surface area (Å²) in [5, 5.41) is 4.86. The molecule has 2 aromatic heterocycles. The molecule has 2 aromatic carbocycles. The van der Waals surface area contributed by atoms with Crippen molar-refractivity contribution in [1.82, 2.24) is 29.7 Å². The van der Waals surface area contributed by atoms with Crippen molar-refractivity contribution >= 4 is 34.6 Å². The number of benzene rings is 2. The number of ketones is 1. The molecule has 0 fully saturated rings. The second kappa shape index (κ2) is 12.0. The second-order valence-corrected chi connectivity index (χ2v) is 13.3. The van der Waals surface area contributed by atoms with Gasteiger partial charge in [-0.05, 0) is 44.5 Å². The van der Waals surface area contributed by atoms with Crippen LogP contribution in [0.1, 0.15) is 57.6 Å². The maximum Gasteiger partial charge on any atom is 0.237 e. The first-order chi connectivity index (χ1) is 20.6. The van der Waals surface area contributed by atoms with Gasteiger partial charge in [0, 0.05) is 60.7 Å². The van der Waals surface area contributed by atoms with Crippen LogP contribution in [0, 0.1) is 6.92 Å². The molecule has 0 saturated heterocycles. The summed E-state index contributed by atoms with van der Waals surface area (Å²) in [5.41, 5.74) is 7.89. The summed E-state index contributed by atoms with van der Waals surface area (Å²) in [6, 6.07) is 12.4. The molecule has 0 bridgehead atoms. The number of amides is 1. The molecule has 1 N–H and O–H groups in total. The normalized spacial score (nSPS) is 14.5. The molecule has 43 heavy (non-hydrogen) atoms. The van der Waals surface area contributed by atoms with Gasteiger partial charge in [0.1, 0.15) is 5.01 Å². The number of carbonyl (C=O) groups is 2. The number of nitrogens with one attached hydrogen (secondary N) is 1. The summed E-state index contributed by atoms with van der Waals surface area (Å²) in [6.07, 6.45) is 1.05. The Morgan fingerprint density at radius 2 is 1.81 bits per heavy atom.